The van der Waals surface area contributed by atoms with E-state index in [1.807, 2.05) is 13.8 Å². The van der Waals surface area contributed by atoms with E-state index in [4.69, 9.17) is 16.3 Å². The van der Waals surface area contributed by atoms with Crippen molar-refractivity contribution in [2.24, 2.45) is 0 Å². The lowest BCUT2D eigenvalue weighted by Gasteiger charge is -2.09. The van der Waals surface area contributed by atoms with Crippen molar-refractivity contribution < 1.29 is 9.13 Å². The second-order valence-corrected chi connectivity index (χ2v) is 4.97. The predicted octanol–water partition coefficient (Wildman–Crippen LogP) is 3.56. The third kappa shape index (κ3) is 4.15. The number of aromatic nitrogens is 2. The first kappa shape index (κ1) is 14.7. The standard InChI is InChI=1S/C14H15ClFN3O/c1-9(2)18-7-10-6-17-8-14(19-10)20-11-3-4-13(16)12(15)5-11/h3-6,8-9,18H,7H2,1-2H3. The van der Waals surface area contributed by atoms with Crippen molar-refractivity contribution in [3.63, 3.8) is 0 Å². The Morgan fingerprint density at radius 2 is 2.15 bits per heavy atom. The zero-order valence-corrected chi connectivity index (χ0v) is 12.0. The second-order valence-electron chi connectivity index (χ2n) is 4.56. The van der Waals surface area contributed by atoms with Gasteiger partial charge >= 0.3 is 0 Å². The summed E-state index contributed by atoms with van der Waals surface area (Å²) in [4.78, 5) is 8.37. The number of nitrogens with one attached hydrogen (secondary N) is 1. The fraction of sp³-hybridized carbons (Fsp3) is 0.286. The highest BCUT2D eigenvalue weighted by Crippen LogP contribution is 2.24. The van der Waals surface area contributed by atoms with Gasteiger partial charge in [-0.25, -0.2) is 9.37 Å². The molecule has 0 radical (unpaired) electrons. The molecule has 0 bridgehead atoms. The SMILES string of the molecule is CC(C)NCc1cncc(Oc2ccc(F)c(Cl)c2)n1. The van der Waals surface area contributed by atoms with Crippen LogP contribution in [0.2, 0.25) is 5.02 Å². The molecular weight excluding hydrogens is 281 g/mol. The van der Waals surface area contributed by atoms with E-state index in [1.54, 1.807) is 6.20 Å². The minimum absolute atomic E-state index is 0.00749. The molecule has 0 fully saturated rings. The van der Waals surface area contributed by atoms with Crippen molar-refractivity contribution >= 4 is 11.6 Å². The molecule has 6 heteroatoms. The van der Waals surface area contributed by atoms with Crippen LogP contribution in [0.25, 0.3) is 0 Å². The van der Waals surface area contributed by atoms with Crippen LogP contribution in [0.3, 0.4) is 0 Å². The molecule has 0 aliphatic rings. The number of hydrogen-bond donors (Lipinski definition) is 1. The summed E-state index contributed by atoms with van der Waals surface area (Å²) in [5, 5.41) is 3.25. The fourth-order valence-corrected chi connectivity index (χ4v) is 1.66. The predicted molar refractivity (Wildman–Crippen MR) is 75.5 cm³/mol. The number of rotatable bonds is 5. The maximum absolute atomic E-state index is 13.1. The second kappa shape index (κ2) is 6.63. The largest absolute Gasteiger partial charge is 0.437 e. The molecule has 0 saturated carbocycles. The van der Waals surface area contributed by atoms with E-state index >= 15 is 0 Å². The maximum Gasteiger partial charge on any atom is 0.238 e. The number of ether oxygens (including phenoxy) is 1. The molecule has 0 saturated heterocycles. The average Bonchev–Trinajstić information content (AvgIpc) is 2.41. The molecule has 0 spiro atoms. The molecule has 1 heterocycles. The van der Waals surface area contributed by atoms with Gasteiger partial charge in [-0.15, -0.1) is 0 Å². The Labute approximate surface area is 122 Å². The quantitative estimate of drug-likeness (QED) is 0.916. The summed E-state index contributed by atoms with van der Waals surface area (Å²) in [5.41, 5.74) is 0.768. The van der Waals surface area contributed by atoms with Crippen LogP contribution in [0.15, 0.2) is 30.6 Å². The van der Waals surface area contributed by atoms with Gasteiger partial charge in [-0.05, 0) is 12.1 Å². The van der Waals surface area contributed by atoms with Gasteiger partial charge in [0.15, 0.2) is 0 Å². The van der Waals surface area contributed by atoms with Gasteiger partial charge in [0.05, 0.1) is 16.9 Å². The number of hydrogen-bond acceptors (Lipinski definition) is 4. The molecule has 0 atom stereocenters. The van der Waals surface area contributed by atoms with Crippen molar-refractivity contribution in [1.82, 2.24) is 15.3 Å². The zero-order valence-electron chi connectivity index (χ0n) is 11.2. The van der Waals surface area contributed by atoms with Crippen molar-refractivity contribution in [1.29, 1.82) is 0 Å². The van der Waals surface area contributed by atoms with Crippen molar-refractivity contribution in [3.05, 3.63) is 47.1 Å². The fourth-order valence-electron chi connectivity index (χ4n) is 1.49. The van der Waals surface area contributed by atoms with E-state index < -0.39 is 5.82 Å². The van der Waals surface area contributed by atoms with Crippen LogP contribution in [0.5, 0.6) is 11.6 Å². The van der Waals surface area contributed by atoms with Gasteiger partial charge in [-0.3, -0.25) is 4.98 Å². The van der Waals surface area contributed by atoms with E-state index in [0.29, 0.717) is 24.2 Å². The first-order valence-corrected chi connectivity index (χ1v) is 6.59. The number of nitrogens with zero attached hydrogens (tertiary/aromatic N) is 2. The molecular formula is C14H15ClFN3O. The van der Waals surface area contributed by atoms with Crippen LogP contribution in [-0.2, 0) is 6.54 Å². The summed E-state index contributed by atoms with van der Waals surface area (Å²) in [6.07, 6.45) is 3.16. The minimum atomic E-state index is -0.486. The van der Waals surface area contributed by atoms with Crippen molar-refractivity contribution in [3.8, 4) is 11.6 Å². The van der Waals surface area contributed by atoms with Crippen LogP contribution < -0.4 is 10.1 Å². The summed E-state index contributed by atoms with van der Waals surface area (Å²) < 4.78 is 18.6. The van der Waals surface area contributed by atoms with Gasteiger partial charge in [-0.1, -0.05) is 25.4 Å². The van der Waals surface area contributed by atoms with Crippen molar-refractivity contribution in [2.45, 2.75) is 26.4 Å². The molecule has 0 aliphatic carbocycles. The molecule has 1 aromatic carbocycles. The Bertz CT molecular complexity index is 592. The van der Waals surface area contributed by atoms with Gasteiger partial charge in [0.1, 0.15) is 11.6 Å². The first-order valence-electron chi connectivity index (χ1n) is 6.22. The van der Waals surface area contributed by atoms with Crippen LogP contribution in [0.4, 0.5) is 4.39 Å². The topological polar surface area (TPSA) is 47.0 Å². The van der Waals surface area contributed by atoms with Crippen LogP contribution >= 0.6 is 11.6 Å². The van der Waals surface area contributed by atoms with Crippen molar-refractivity contribution in [2.75, 3.05) is 0 Å². The lowest BCUT2D eigenvalue weighted by Crippen LogP contribution is -2.22. The van der Waals surface area contributed by atoms with Crippen LogP contribution in [0.1, 0.15) is 19.5 Å². The van der Waals surface area contributed by atoms with Gasteiger partial charge in [0.2, 0.25) is 5.88 Å². The lowest BCUT2D eigenvalue weighted by molar-refractivity contribution is 0.453. The highest BCUT2D eigenvalue weighted by atomic mass is 35.5. The van der Waals surface area contributed by atoms with Crippen LogP contribution in [0, 0.1) is 5.82 Å². The van der Waals surface area contributed by atoms with E-state index in [9.17, 15) is 4.39 Å². The molecule has 2 aromatic rings. The molecule has 106 valence electrons. The average molecular weight is 296 g/mol. The molecule has 0 unspecified atom stereocenters. The summed E-state index contributed by atoms with van der Waals surface area (Å²) in [7, 11) is 0. The van der Waals surface area contributed by atoms with E-state index in [2.05, 4.69) is 15.3 Å². The van der Waals surface area contributed by atoms with Gasteiger partial charge in [0.25, 0.3) is 0 Å². The molecule has 1 aromatic heterocycles. The smallest absolute Gasteiger partial charge is 0.238 e. The molecule has 20 heavy (non-hydrogen) atoms. The Kier molecular flexibility index (Phi) is 4.87. The Morgan fingerprint density at radius 1 is 1.35 bits per heavy atom. The summed E-state index contributed by atoms with van der Waals surface area (Å²) in [6, 6.07) is 4.49. The summed E-state index contributed by atoms with van der Waals surface area (Å²) >= 11 is 5.69. The highest BCUT2D eigenvalue weighted by Gasteiger charge is 2.05. The third-order valence-corrected chi connectivity index (χ3v) is 2.76. The molecule has 1 N–H and O–H groups in total. The molecule has 0 aliphatic heterocycles. The Balaban J connectivity index is 2.08. The van der Waals surface area contributed by atoms with Gasteiger partial charge < -0.3 is 10.1 Å². The molecule has 0 amide bonds. The zero-order chi connectivity index (χ0) is 14.5. The number of halogens is 2. The Hall–Kier alpha value is -1.72. The molecule has 4 nitrogen and oxygen atoms in total. The van der Waals surface area contributed by atoms with E-state index in [-0.39, 0.29) is 5.02 Å². The van der Waals surface area contributed by atoms with E-state index in [0.717, 1.165) is 5.69 Å². The minimum Gasteiger partial charge on any atom is -0.437 e. The third-order valence-electron chi connectivity index (χ3n) is 2.47. The lowest BCUT2D eigenvalue weighted by atomic mass is 10.3. The molecule has 2 rings (SSSR count). The van der Waals surface area contributed by atoms with Gasteiger partial charge in [-0.2, -0.15) is 0 Å². The Morgan fingerprint density at radius 3 is 2.85 bits per heavy atom. The van der Waals surface area contributed by atoms with Crippen LogP contribution in [-0.4, -0.2) is 16.0 Å². The van der Waals surface area contributed by atoms with E-state index in [1.165, 1.54) is 24.4 Å². The van der Waals surface area contributed by atoms with Gasteiger partial charge in [0, 0.05) is 24.8 Å². The highest BCUT2D eigenvalue weighted by molar-refractivity contribution is 6.30. The summed E-state index contributed by atoms with van der Waals surface area (Å²) in [5.74, 6) is 0.274. The summed E-state index contributed by atoms with van der Waals surface area (Å²) in [6.45, 7) is 4.70. The number of benzene rings is 1. The maximum atomic E-state index is 13.1. The monoisotopic (exact) mass is 295 g/mol. The first-order chi connectivity index (χ1) is 9.54. The normalized spacial score (nSPS) is 10.8.